The van der Waals surface area contributed by atoms with Crippen LogP contribution in [0.3, 0.4) is 0 Å². The van der Waals surface area contributed by atoms with Crippen LogP contribution in [-0.4, -0.2) is 0 Å². The second kappa shape index (κ2) is 2.58. The van der Waals surface area contributed by atoms with Gasteiger partial charge in [-0.2, -0.15) is 0 Å². The molecule has 1 aromatic carbocycles. The molecule has 0 aliphatic rings. The van der Waals surface area contributed by atoms with E-state index in [0.717, 1.165) is 5.56 Å². The van der Waals surface area contributed by atoms with Crippen LogP contribution in [0.4, 0.5) is 0 Å². The van der Waals surface area contributed by atoms with Crippen molar-refractivity contribution in [2.24, 2.45) is 0 Å². The van der Waals surface area contributed by atoms with E-state index >= 15 is 0 Å². The van der Waals surface area contributed by atoms with Crippen molar-refractivity contribution >= 4 is 0 Å². The van der Waals surface area contributed by atoms with Crippen LogP contribution in [0.25, 0.3) is 0 Å². The van der Waals surface area contributed by atoms with Crippen molar-refractivity contribution < 1.29 is 0 Å². The van der Waals surface area contributed by atoms with Crippen LogP contribution >= 0.6 is 0 Å². The summed E-state index contributed by atoms with van der Waals surface area (Å²) in [6, 6.07) is 6.75. The summed E-state index contributed by atoms with van der Waals surface area (Å²) in [5, 5.41) is 0. The van der Waals surface area contributed by atoms with E-state index in [1.165, 1.54) is 11.1 Å². The number of aryl methyl sites for hydroxylation is 1. The number of hydrogen-bond donors (Lipinski definition) is 0. The predicted octanol–water partition coefficient (Wildman–Crippen LogP) is 2.08. The van der Waals surface area contributed by atoms with E-state index in [1.54, 1.807) is 0 Å². The molecule has 0 heteroatoms. The van der Waals surface area contributed by atoms with Crippen LogP contribution in [0.15, 0.2) is 12.1 Å². The van der Waals surface area contributed by atoms with Gasteiger partial charge in [0.05, 0.1) is 0 Å². The molecule has 0 aromatic heterocycles. The summed E-state index contributed by atoms with van der Waals surface area (Å²) in [5.74, 6) is 2.60. The van der Waals surface area contributed by atoms with E-state index < -0.39 is 0 Å². The van der Waals surface area contributed by atoms with Gasteiger partial charge < -0.3 is 0 Å². The molecular weight excluding hydrogens is 120 g/mol. The third-order valence-electron chi connectivity index (χ3n) is 1.68. The maximum atomic E-state index is 5.25. The normalized spacial score (nSPS) is 8.90. The highest BCUT2D eigenvalue weighted by atomic mass is 14.0. The van der Waals surface area contributed by atoms with Gasteiger partial charge in [-0.25, -0.2) is 0 Å². The van der Waals surface area contributed by atoms with Crippen molar-refractivity contribution in [1.82, 2.24) is 0 Å². The fraction of sp³-hybridized carbons (Fsp3) is 0.200. The van der Waals surface area contributed by atoms with Gasteiger partial charge in [0.2, 0.25) is 0 Å². The van der Waals surface area contributed by atoms with Crippen LogP contribution in [0.2, 0.25) is 0 Å². The Balaban J connectivity index is 3.31. The van der Waals surface area contributed by atoms with E-state index in [4.69, 9.17) is 6.42 Å². The fourth-order valence-corrected chi connectivity index (χ4v) is 0.829. The standard InChI is InChI=1S/C10H9/c1-4-10-7-5-6-8(2)9(10)3/h1,6-7H,2-3H3. The first-order valence-electron chi connectivity index (χ1n) is 3.19. The highest BCUT2D eigenvalue weighted by Gasteiger charge is 1.94. The minimum absolute atomic E-state index is 0.944. The van der Waals surface area contributed by atoms with Crippen molar-refractivity contribution in [3.8, 4) is 12.3 Å². The quantitative estimate of drug-likeness (QED) is 0.470. The highest BCUT2D eigenvalue weighted by Crippen LogP contribution is 2.09. The molecule has 0 saturated heterocycles. The molecule has 0 fully saturated rings. The second-order valence-electron chi connectivity index (χ2n) is 2.32. The third-order valence-corrected chi connectivity index (χ3v) is 1.68. The summed E-state index contributed by atoms with van der Waals surface area (Å²) in [5.41, 5.74) is 3.33. The Hall–Kier alpha value is -1.22. The van der Waals surface area contributed by atoms with Crippen LogP contribution in [0.5, 0.6) is 0 Å². The SMILES string of the molecule is C#Cc1c[c]cc(C)c1C. The average Bonchev–Trinajstić information content (AvgIpc) is 1.95. The lowest BCUT2D eigenvalue weighted by molar-refractivity contribution is 1.32. The van der Waals surface area contributed by atoms with E-state index in [2.05, 4.69) is 12.0 Å². The van der Waals surface area contributed by atoms with Crippen molar-refractivity contribution in [3.63, 3.8) is 0 Å². The first kappa shape index (κ1) is 6.89. The van der Waals surface area contributed by atoms with E-state index in [9.17, 15) is 0 Å². The van der Waals surface area contributed by atoms with Crippen LogP contribution in [0.1, 0.15) is 16.7 Å². The average molecular weight is 129 g/mol. The smallest absolute Gasteiger partial charge is 0.0280 e. The molecule has 0 unspecified atom stereocenters. The molecule has 0 aliphatic carbocycles. The fourth-order valence-electron chi connectivity index (χ4n) is 0.829. The Morgan fingerprint density at radius 1 is 1.40 bits per heavy atom. The minimum Gasteiger partial charge on any atom is -0.115 e. The van der Waals surface area contributed by atoms with Crippen molar-refractivity contribution in [2.45, 2.75) is 13.8 Å². The molecule has 0 spiro atoms. The zero-order chi connectivity index (χ0) is 7.56. The molecule has 0 atom stereocenters. The molecule has 1 radical (unpaired) electrons. The Kier molecular flexibility index (Phi) is 1.78. The first-order valence-corrected chi connectivity index (χ1v) is 3.19. The van der Waals surface area contributed by atoms with Gasteiger partial charge in [0.15, 0.2) is 0 Å². The van der Waals surface area contributed by atoms with E-state index in [-0.39, 0.29) is 0 Å². The summed E-state index contributed by atoms with van der Waals surface area (Å²) in [7, 11) is 0. The summed E-state index contributed by atoms with van der Waals surface area (Å²) in [4.78, 5) is 0. The lowest BCUT2D eigenvalue weighted by Crippen LogP contribution is -1.84. The molecule has 0 heterocycles. The Labute approximate surface area is 61.9 Å². The Morgan fingerprint density at radius 2 is 2.10 bits per heavy atom. The van der Waals surface area contributed by atoms with Crippen LogP contribution in [-0.2, 0) is 0 Å². The maximum Gasteiger partial charge on any atom is 0.0280 e. The first-order chi connectivity index (χ1) is 4.75. The number of rotatable bonds is 0. The largest absolute Gasteiger partial charge is 0.115 e. The summed E-state index contributed by atoms with van der Waals surface area (Å²) in [6.07, 6.45) is 5.25. The van der Waals surface area contributed by atoms with Crippen molar-refractivity contribution in [3.05, 3.63) is 34.9 Å². The van der Waals surface area contributed by atoms with E-state index in [0.29, 0.717) is 0 Å². The second-order valence-corrected chi connectivity index (χ2v) is 2.32. The van der Waals surface area contributed by atoms with Gasteiger partial charge >= 0.3 is 0 Å². The Morgan fingerprint density at radius 3 is 2.60 bits per heavy atom. The summed E-state index contributed by atoms with van der Waals surface area (Å²) in [6.45, 7) is 4.06. The predicted molar refractivity (Wildman–Crippen MR) is 42.7 cm³/mol. The van der Waals surface area contributed by atoms with Gasteiger partial charge in [-0.1, -0.05) is 12.0 Å². The minimum atomic E-state index is 0.944. The van der Waals surface area contributed by atoms with E-state index in [1.807, 2.05) is 26.0 Å². The molecule has 0 N–H and O–H groups in total. The molecule has 0 amide bonds. The molecular formula is C10H9. The monoisotopic (exact) mass is 129 g/mol. The van der Waals surface area contributed by atoms with Gasteiger partial charge in [-0.05, 0) is 37.1 Å². The van der Waals surface area contributed by atoms with Crippen molar-refractivity contribution in [2.75, 3.05) is 0 Å². The van der Waals surface area contributed by atoms with Gasteiger partial charge in [-0.3, -0.25) is 0 Å². The lowest BCUT2D eigenvalue weighted by Gasteiger charge is -1.99. The summed E-state index contributed by atoms with van der Waals surface area (Å²) >= 11 is 0. The lowest BCUT2D eigenvalue weighted by atomic mass is 10.0. The summed E-state index contributed by atoms with van der Waals surface area (Å²) < 4.78 is 0. The van der Waals surface area contributed by atoms with Gasteiger partial charge in [0.25, 0.3) is 0 Å². The highest BCUT2D eigenvalue weighted by molar-refractivity contribution is 5.42. The zero-order valence-electron chi connectivity index (χ0n) is 6.23. The number of terminal acetylenes is 1. The molecule has 0 bridgehead atoms. The van der Waals surface area contributed by atoms with Crippen LogP contribution < -0.4 is 0 Å². The molecule has 1 aromatic rings. The van der Waals surface area contributed by atoms with Crippen LogP contribution in [0, 0.1) is 32.3 Å². The molecule has 49 valence electrons. The molecule has 0 aliphatic heterocycles. The van der Waals surface area contributed by atoms with Gasteiger partial charge in [0, 0.05) is 5.56 Å². The van der Waals surface area contributed by atoms with Crippen molar-refractivity contribution in [1.29, 1.82) is 0 Å². The molecule has 10 heavy (non-hydrogen) atoms. The topological polar surface area (TPSA) is 0 Å². The third kappa shape index (κ3) is 1.04. The molecule has 0 nitrogen and oxygen atoms in total. The zero-order valence-corrected chi connectivity index (χ0v) is 6.23. The molecule has 0 saturated carbocycles. The Bertz CT molecular complexity index is 277. The van der Waals surface area contributed by atoms with Gasteiger partial charge in [0.1, 0.15) is 0 Å². The number of hydrogen-bond acceptors (Lipinski definition) is 0. The molecule has 1 rings (SSSR count). The maximum absolute atomic E-state index is 5.25. The van der Waals surface area contributed by atoms with Gasteiger partial charge in [-0.15, -0.1) is 6.42 Å². The number of benzene rings is 1.